The molecule has 78 valence electrons. The first-order valence-corrected chi connectivity index (χ1v) is 5.24. The Morgan fingerprint density at radius 2 is 1.93 bits per heavy atom. The van der Waals surface area contributed by atoms with Crippen LogP contribution in [0.5, 0.6) is 0 Å². The van der Waals surface area contributed by atoms with Gasteiger partial charge in [-0.25, -0.2) is 0 Å². The lowest BCUT2D eigenvalue weighted by Gasteiger charge is -2.34. The molecule has 2 nitrogen and oxygen atoms in total. The summed E-state index contributed by atoms with van der Waals surface area (Å²) in [6.07, 6.45) is 2.33. The van der Waals surface area contributed by atoms with Gasteiger partial charge in [-0.2, -0.15) is 0 Å². The highest BCUT2D eigenvalue weighted by Crippen LogP contribution is 2.26. The van der Waals surface area contributed by atoms with Gasteiger partial charge in [0.2, 0.25) is 0 Å². The lowest BCUT2D eigenvalue weighted by Crippen LogP contribution is -2.36. The summed E-state index contributed by atoms with van der Waals surface area (Å²) in [5.74, 6) is 0.229. The standard InChI is InChI=1S/C13H15NO/c1-10-8-13(15)9-11(2)14(10)12-6-4-3-5-7-12/h3-8,11H,9H2,1-2H3. The van der Waals surface area contributed by atoms with Crippen molar-refractivity contribution >= 4 is 11.5 Å². The largest absolute Gasteiger partial charge is 0.342 e. The minimum absolute atomic E-state index is 0.229. The fraction of sp³-hybridized carbons (Fsp3) is 0.308. The fourth-order valence-corrected chi connectivity index (χ4v) is 2.14. The lowest BCUT2D eigenvalue weighted by atomic mass is 10.0. The van der Waals surface area contributed by atoms with Crippen LogP contribution in [0, 0.1) is 0 Å². The van der Waals surface area contributed by atoms with Crippen molar-refractivity contribution < 1.29 is 4.79 Å². The Bertz CT molecular complexity index is 394. The van der Waals surface area contributed by atoms with Crippen molar-refractivity contribution in [2.45, 2.75) is 26.3 Å². The molecule has 1 aromatic rings. The van der Waals surface area contributed by atoms with E-state index in [1.54, 1.807) is 6.08 Å². The smallest absolute Gasteiger partial charge is 0.159 e. The normalized spacial score (nSPS) is 21.5. The van der Waals surface area contributed by atoms with Crippen LogP contribution in [0.15, 0.2) is 42.1 Å². The van der Waals surface area contributed by atoms with E-state index in [2.05, 4.69) is 24.0 Å². The van der Waals surface area contributed by atoms with Crippen molar-refractivity contribution in [3.63, 3.8) is 0 Å². The summed E-state index contributed by atoms with van der Waals surface area (Å²) in [5, 5.41) is 0. The van der Waals surface area contributed by atoms with Crippen LogP contribution >= 0.6 is 0 Å². The number of hydrogen-bond acceptors (Lipinski definition) is 2. The van der Waals surface area contributed by atoms with Crippen LogP contribution in [-0.4, -0.2) is 11.8 Å². The monoisotopic (exact) mass is 201 g/mol. The molecule has 0 bridgehead atoms. The van der Waals surface area contributed by atoms with Crippen LogP contribution in [0.2, 0.25) is 0 Å². The predicted octanol–water partition coefficient (Wildman–Crippen LogP) is 2.76. The molecule has 1 heterocycles. The van der Waals surface area contributed by atoms with Gasteiger partial charge in [-0.1, -0.05) is 18.2 Å². The summed E-state index contributed by atoms with van der Waals surface area (Å²) in [6, 6.07) is 10.4. The summed E-state index contributed by atoms with van der Waals surface area (Å²) in [5.41, 5.74) is 2.19. The van der Waals surface area contributed by atoms with Crippen molar-refractivity contribution in [2.24, 2.45) is 0 Å². The molecular formula is C13H15NO. The second kappa shape index (κ2) is 3.89. The van der Waals surface area contributed by atoms with Crippen LogP contribution in [0.25, 0.3) is 0 Å². The van der Waals surface area contributed by atoms with Crippen LogP contribution in [0.1, 0.15) is 20.3 Å². The Labute approximate surface area is 90.2 Å². The van der Waals surface area contributed by atoms with Crippen molar-refractivity contribution in [3.8, 4) is 0 Å². The van der Waals surface area contributed by atoms with Crippen molar-refractivity contribution in [1.29, 1.82) is 0 Å². The third-order valence-corrected chi connectivity index (χ3v) is 2.72. The summed E-state index contributed by atoms with van der Waals surface area (Å²) in [6.45, 7) is 4.07. The Morgan fingerprint density at radius 3 is 2.53 bits per heavy atom. The van der Waals surface area contributed by atoms with Gasteiger partial charge in [0.25, 0.3) is 0 Å². The molecule has 1 aromatic carbocycles. The number of para-hydroxylation sites is 1. The van der Waals surface area contributed by atoms with E-state index in [1.165, 1.54) is 0 Å². The zero-order chi connectivity index (χ0) is 10.8. The Morgan fingerprint density at radius 1 is 1.27 bits per heavy atom. The molecule has 0 aromatic heterocycles. The number of benzene rings is 1. The molecule has 0 fully saturated rings. The molecule has 1 aliphatic rings. The van der Waals surface area contributed by atoms with Crippen LogP contribution < -0.4 is 4.90 Å². The molecule has 0 spiro atoms. The average Bonchev–Trinajstić information content (AvgIpc) is 2.17. The summed E-state index contributed by atoms with van der Waals surface area (Å²) < 4.78 is 0. The van der Waals surface area contributed by atoms with E-state index >= 15 is 0 Å². The highest BCUT2D eigenvalue weighted by molar-refractivity contribution is 5.93. The van der Waals surface area contributed by atoms with Gasteiger partial charge in [-0.3, -0.25) is 4.79 Å². The first kappa shape index (κ1) is 9.97. The Balaban J connectivity index is 2.37. The summed E-state index contributed by atoms with van der Waals surface area (Å²) >= 11 is 0. The minimum Gasteiger partial charge on any atom is -0.342 e. The SMILES string of the molecule is CC1=CC(=O)CC(C)N1c1ccccc1. The van der Waals surface area contributed by atoms with Gasteiger partial charge in [0.15, 0.2) is 5.78 Å². The fourth-order valence-electron chi connectivity index (χ4n) is 2.14. The Hall–Kier alpha value is -1.57. The third kappa shape index (κ3) is 1.94. The molecule has 0 aliphatic carbocycles. The van der Waals surface area contributed by atoms with E-state index in [0.717, 1.165) is 11.4 Å². The number of anilines is 1. The number of allylic oxidation sites excluding steroid dienone is 2. The molecule has 2 heteroatoms. The molecule has 0 radical (unpaired) electrons. The number of ketones is 1. The highest BCUT2D eigenvalue weighted by atomic mass is 16.1. The number of carbonyl (C=O) groups is 1. The molecule has 2 rings (SSSR count). The van der Waals surface area contributed by atoms with Crippen molar-refractivity contribution in [2.75, 3.05) is 4.90 Å². The second-order valence-electron chi connectivity index (χ2n) is 4.01. The van der Waals surface area contributed by atoms with Crippen LogP contribution in [0.3, 0.4) is 0 Å². The molecule has 15 heavy (non-hydrogen) atoms. The van der Waals surface area contributed by atoms with E-state index < -0.39 is 0 Å². The van der Waals surface area contributed by atoms with Crippen LogP contribution in [-0.2, 0) is 4.79 Å². The Kier molecular flexibility index (Phi) is 2.58. The number of carbonyl (C=O) groups excluding carboxylic acids is 1. The first-order valence-electron chi connectivity index (χ1n) is 5.24. The van der Waals surface area contributed by atoms with Gasteiger partial charge < -0.3 is 4.90 Å². The molecule has 1 atom stereocenters. The van der Waals surface area contributed by atoms with E-state index in [0.29, 0.717) is 6.42 Å². The van der Waals surface area contributed by atoms with Crippen LogP contribution in [0.4, 0.5) is 5.69 Å². The van der Waals surface area contributed by atoms with Gasteiger partial charge in [-0.15, -0.1) is 0 Å². The predicted molar refractivity (Wildman–Crippen MR) is 61.8 cm³/mol. The number of rotatable bonds is 1. The molecule has 1 unspecified atom stereocenters. The molecule has 0 amide bonds. The van der Waals surface area contributed by atoms with Gasteiger partial charge >= 0.3 is 0 Å². The zero-order valence-electron chi connectivity index (χ0n) is 9.10. The average molecular weight is 201 g/mol. The summed E-state index contributed by atoms with van der Waals surface area (Å²) in [7, 11) is 0. The maximum Gasteiger partial charge on any atom is 0.159 e. The zero-order valence-corrected chi connectivity index (χ0v) is 9.10. The first-order chi connectivity index (χ1) is 7.18. The molecular weight excluding hydrogens is 186 g/mol. The van der Waals surface area contributed by atoms with E-state index in [-0.39, 0.29) is 11.8 Å². The number of nitrogens with zero attached hydrogens (tertiary/aromatic N) is 1. The number of hydrogen-bond donors (Lipinski definition) is 0. The summed E-state index contributed by atoms with van der Waals surface area (Å²) in [4.78, 5) is 13.6. The molecule has 0 N–H and O–H groups in total. The van der Waals surface area contributed by atoms with E-state index in [9.17, 15) is 4.79 Å². The van der Waals surface area contributed by atoms with E-state index in [1.807, 2.05) is 25.1 Å². The second-order valence-corrected chi connectivity index (χ2v) is 4.01. The van der Waals surface area contributed by atoms with Crippen molar-refractivity contribution in [1.82, 2.24) is 0 Å². The molecule has 0 saturated heterocycles. The maximum atomic E-state index is 11.4. The lowest BCUT2D eigenvalue weighted by molar-refractivity contribution is -0.115. The minimum atomic E-state index is 0.229. The highest BCUT2D eigenvalue weighted by Gasteiger charge is 2.23. The third-order valence-electron chi connectivity index (χ3n) is 2.72. The topological polar surface area (TPSA) is 20.3 Å². The maximum absolute atomic E-state index is 11.4. The van der Waals surface area contributed by atoms with Gasteiger partial charge in [0.05, 0.1) is 0 Å². The van der Waals surface area contributed by atoms with Gasteiger partial charge in [0.1, 0.15) is 0 Å². The van der Waals surface area contributed by atoms with Gasteiger partial charge in [-0.05, 0) is 26.0 Å². The quantitative estimate of drug-likeness (QED) is 0.696. The molecule has 0 saturated carbocycles. The van der Waals surface area contributed by atoms with E-state index in [4.69, 9.17) is 0 Å². The van der Waals surface area contributed by atoms with Gasteiger partial charge in [0, 0.05) is 29.9 Å². The molecule has 1 aliphatic heterocycles. The van der Waals surface area contributed by atoms with Crippen molar-refractivity contribution in [3.05, 3.63) is 42.1 Å².